The van der Waals surface area contributed by atoms with Crippen molar-refractivity contribution in [2.75, 3.05) is 31.1 Å². The highest BCUT2D eigenvalue weighted by Crippen LogP contribution is 2.49. The number of hydrogen-bond acceptors (Lipinski definition) is 9. The number of alkyl halides is 5. The number of fused-ring (bicyclic) bond motifs is 6. The second-order valence-corrected chi connectivity index (χ2v) is 12.3. The molecule has 8 rings (SSSR count). The molecule has 9 nitrogen and oxygen atoms in total. The number of nitrogens with zero attached hydrogens (tertiary/aromatic N) is 6. The summed E-state index contributed by atoms with van der Waals surface area (Å²) < 4.78 is 99.1. The summed E-state index contributed by atoms with van der Waals surface area (Å²) in [5.74, 6) is -3.77. The molecule has 15 heteroatoms. The molecule has 2 bridgehead atoms. The Kier molecular flexibility index (Phi) is 5.70. The average molecular weight is 608 g/mol. The fourth-order valence-corrected chi connectivity index (χ4v) is 7.63. The van der Waals surface area contributed by atoms with Crippen LogP contribution in [0.1, 0.15) is 38.2 Å². The van der Waals surface area contributed by atoms with Crippen molar-refractivity contribution in [3.05, 3.63) is 29.8 Å². The monoisotopic (exact) mass is 607 g/mol. The lowest BCUT2D eigenvalue weighted by molar-refractivity contribution is -0.137. The number of aromatic nitrogens is 4. The van der Waals surface area contributed by atoms with Crippen molar-refractivity contribution in [1.82, 2.24) is 30.2 Å². The molecular formula is C28H27F6N7O2. The number of anilines is 1. The summed E-state index contributed by atoms with van der Waals surface area (Å²) in [6.45, 7) is 2.38. The van der Waals surface area contributed by atoms with Gasteiger partial charge in [-0.1, -0.05) is 0 Å². The molecule has 43 heavy (non-hydrogen) atoms. The van der Waals surface area contributed by atoms with Crippen LogP contribution in [0, 0.1) is 5.82 Å². The van der Waals surface area contributed by atoms with E-state index in [0.29, 0.717) is 25.3 Å². The van der Waals surface area contributed by atoms with E-state index in [4.69, 9.17) is 9.47 Å². The van der Waals surface area contributed by atoms with Gasteiger partial charge in [0.05, 0.1) is 23.7 Å². The summed E-state index contributed by atoms with van der Waals surface area (Å²) in [5, 5.41) is 3.70. The topological polar surface area (TPSA) is 88.5 Å². The quantitative estimate of drug-likeness (QED) is 0.439. The highest BCUT2D eigenvalue weighted by Gasteiger charge is 2.60. The largest absolute Gasteiger partial charge is 0.472 e. The Labute approximate surface area is 241 Å². The van der Waals surface area contributed by atoms with Crippen molar-refractivity contribution in [3.63, 3.8) is 0 Å². The smallest absolute Gasteiger partial charge is 0.417 e. The van der Waals surface area contributed by atoms with Gasteiger partial charge in [0.25, 0.3) is 5.92 Å². The second kappa shape index (κ2) is 9.03. The lowest BCUT2D eigenvalue weighted by Crippen LogP contribution is -2.62. The fourth-order valence-electron chi connectivity index (χ4n) is 7.63. The number of ether oxygens (including phenoxy) is 2. The summed E-state index contributed by atoms with van der Waals surface area (Å²) in [5.41, 5.74) is -3.50. The summed E-state index contributed by atoms with van der Waals surface area (Å²) in [7, 11) is 0. The standard InChI is InChI=1S/C28H27F6N7O2/c1-13-22-17-3-2-14(36-17)9-41(22)23-18-21(38-25(39-23)42-12-26-5-7-40(26)11-27(30,31)10-26)19(29)20(37-24(18)43-13)15-8-35-6-4-16(15)28(32,33)34/h4,6,8,13-14,17,22,36H,2-3,5,7,9-12H2,1H3/t13-,14+,17-,22+,26+/m0/s1. The molecule has 4 saturated heterocycles. The van der Waals surface area contributed by atoms with Crippen LogP contribution >= 0.6 is 0 Å². The number of nitrogens with one attached hydrogen (secondary N) is 1. The van der Waals surface area contributed by atoms with Crippen LogP contribution < -0.4 is 19.7 Å². The molecule has 0 saturated carbocycles. The predicted octanol–water partition coefficient (Wildman–Crippen LogP) is 4.20. The van der Waals surface area contributed by atoms with Gasteiger partial charge in [0.1, 0.15) is 35.1 Å². The van der Waals surface area contributed by atoms with E-state index >= 15 is 4.39 Å². The maximum atomic E-state index is 16.4. The molecule has 0 spiro atoms. The van der Waals surface area contributed by atoms with Crippen molar-refractivity contribution in [1.29, 1.82) is 0 Å². The van der Waals surface area contributed by atoms with E-state index in [1.54, 1.807) is 4.90 Å². The molecule has 0 aromatic carbocycles. The zero-order valence-electron chi connectivity index (χ0n) is 23.0. The molecule has 0 unspecified atom stereocenters. The van der Waals surface area contributed by atoms with Crippen molar-refractivity contribution in [2.24, 2.45) is 0 Å². The number of piperazine rings is 1. The van der Waals surface area contributed by atoms with Crippen molar-refractivity contribution < 1.29 is 35.8 Å². The van der Waals surface area contributed by atoms with E-state index in [0.717, 1.165) is 31.3 Å². The van der Waals surface area contributed by atoms with Crippen LogP contribution in [0.25, 0.3) is 22.2 Å². The van der Waals surface area contributed by atoms with Gasteiger partial charge in [-0.15, -0.1) is 0 Å². The average Bonchev–Trinajstić information content (AvgIpc) is 3.37. The van der Waals surface area contributed by atoms with Crippen LogP contribution in [-0.4, -0.2) is 86.8 Å². The molecule has 5 aliphatic heterocycles. The van der Waals surface area contributed by atoms with E-state index in [9.17, 15) is 22.0 Å². The maximum absolute atomic E-state index is 16.4. The molecule has 5 aliphatic rings. The van der Waals surface area contributed by atoms with Crippen LogP contribution in [0.15, 0.2) is 18.5 Å². The summed E-state index contributed by atoms with van der Waals surface area (Å²) >= 11 is 0. The van der Waals surface area contributed by atoms with Gasteiger partial charge < -0.3 is 19.7 Å². The maximum Gasteiger partial charge on any atom is 0.417 e. The predicted molar refractivity (Wildman–Crippen MR) is 141 cm³/mol. The van der Waals surface area contributed by atoms with E-state index in [1.165, 1.54) is 0 Å². The Morgan fingerprint density at radius 3 is 2.77 bits per heavy atom. The summed E-state index contributed by atoms with van der Waals surface area (Å²) in [4.78, 5) is 20.8. The Morgan fingerprint density at radius 2 is 2.02 bits per heavy atom. The van der Waals surface area contributed by atoms with Crippen molar-refractivity contribution in [2.45, 2.75) is 74.5 Å². The molecule has 1 N–H and O–H groups in total. The minimum atomic E-state index is -4.81. The molecule has 3 aromatic heterocycles. The highest BCUT2D eigenvalue weighted by molar-refractivity contribution is 5.97. The van der Waals surface area contributed by atoms with Crippen molar-refractivity contribution in [3.8, 4) is 23.1 Å². The van der Waals surface area contributed by atoms with Crippen LogP contribution in [-0.2, 0) is 6.18 Å². The summed E-state index contributed by atoms with van der Waals surface area (Å²) in [6, 6.07) is 0.437. The first-order valence-electron chi connectivity index (χ1n) is 14.3. The molecule has 4 fully saturated rings. The summed E-state index contributed by atoms with van der Waals surface area (Å²) in [6.07, 6.45) is -1.50. The van der Waals surface area contributed by atoms with Gasteiger partial charge in [-0.3, -0.25) is 9.88 Å². The Hall–Kier alpha value is -3.46. The van der Waals surface area contributed by atoms with Crippen LogP contribution in [0.3, 0.4) is 0 Å². The first-order chi connectivity index (χ1) is 20.4. The second-order valence-electron chi connectivity index (χ2n) is 12.3. The molecule has 0 radical (unpaired) electrons. The van der Waals surface area contributed by atoms with Crippen LogP contribution in [0.2, 0.25) is 0 Å². The number of rotatable bonds is 4. The molecule has 228 valence electrons. The zero-order valence-corrected chi connectivity index (χ0v) is 23.0. The lowest BCUT2D eigenvalue weighted by Gasteiger charge is -2.46. The number of hydrogen-bond donors (Lipinski definition) is 1. The third-order valence-corrected chi connectivity index (χ3v) is 9.61. The molecular weight excluding hydrogens is 580 g/mol. The fraction of sp³-hybridized carbons (Fsp3) is 0.571. The van der Waals surface area contributed by atoms with E-state index < -0.39 is 46.4 Å². The SMILES string of the molecule is C[C@@H]1Oc2nc(-c3cnccc3C(F)(F)F)c(F)c3nc(OC[C@]45CCN4CC(F)(F)C5)nc(c23)N2C[C@H]3CC[C@H](N3)[C@@H]12. The first kappa shape index (κ1) is 27.1. The zero-order chi connectivity index (χ0) is 29.9. The molecule has 3 aromatic rings. The number of pyridine rings is 2. The third kappa shape index (κ3) is 4.14. The normalized spacial score (nSPS) is 30.8. The molecule has 8 heterocycles. The molecule has 5 atom stereocenters. The van der Waals surface area contributed by atoms with Gasteiger partial charge in [-0.25, -0.2) is 18.2 Å². The molecule has 0 aliphatic carbocycles. The lowest BCUT2D eigenvalue weighted by atomic mass is 9.85. The third-order valence-electron chi connectivity index (χ3n) is 9.61. The Bertz CT molecular complexity index is 1640. The minimum Gasteiger partial charge on any atom is -0.472 e. The van der Waals surface area contributed by atoms with E-state index in [1.807, 2.05) is 11.8 Å². The Balaban J connectivity index is 1.30. The first-order valence-corrected chi connectivity index (χ1v) is 14.3. The van der Waals surface area contributed by atoms with E-state index in [-0.39, 0.29) is 60.5 Å². The van der Waals surface area contributed by atoms with Gasteiger partial charge >= 0.3 is 12.2 Å². The Morgan fingerprint density at radius 1 is 1.19 bits per heavy atom. The van der Waals surface area contributed by atoms with Crippen molar-refractivity contribution >= 4 is 16.7 Å². The van der Waals surface area contributed by atoms with Gasteiger partial charge in [-0.05, 0) is 32.3 Å². The van der Waals surface area contributed by atoms with Crippen LogP contribution in [0.4, 0.5) is 32.2 Å². The van der Waals surface area contributed by atoms with Gasteiger partial charge in [0.15, 0.2) is 5.82 Å². The van der Waals surface area contributed by atoms with E-state index in [2.05, 4.69) is 25.3 Å². The molecule has 0 amide bonds. The van der Waals surface area contributed by atoms with Crippen LogP contribution in [0.5, 0.6) is 11.9 Å². The van der Waals surface area contributed by atoms with Gasteiger partial charge in [0.2, 0.25) is 5.88 Å². The number of halogens is 6. The van der Waals surface area contributed by atoms with Gasteiger partial charge in [0, 0.05) is 49.6 Å². The minimum absolute atomic E-state index is 0.0278. The highest BCUT2D eigenvalue weighted by atomic mass is 19.4. The van der Waals surface area contributed by atoms with Gasteiger partial charge in [-0.2, -0.15) is 23.1 Å².